The van der Waals surface area contributed by atoms with Crippen molar-refractivity contribution in [2.75, 3.05) is 132 Å². The van der Waals surface area contributed by atoms with Gasteiger partial charge in [0.05, 0.1) is 119 Å². The minimum Gasteiger partial charge on any atom is -0.463 e. The number of amides is 1. The highest BCUT2D eigenvalue weighted by Crippen LogP contribution is 2.06. The molecule has 256 valence electrons. The van der Waals surface area contributed by atoms with Crippen LogP contribution in [-0.4, -0.2) is 150 Å². The van der Waals surface area contributed by atoms with E-state index in [1.165, 1.54) is 0 Å². The molecule has 0 bridgehead atoms. The Morgan fingerprint density at radius 3 is 1.09 bits per heavy atom. The first-order valence-corrected chi connectivity index (χ1v) is 15.2. The summed E-state index contributed by atoms with van der Waals surface area (Å²) in [6.45, 7) is 16.4. The lowest BCUT2D eigenvalue weighted by Gasteiger charge is -2.19. The van der Waals surface area contributed by atoms with E-state index in [0.29, 0.717) is 132 Å². The molecule has 0 rings (SSSR count). The fourth-order valence-corrected chi connectivity index (χ4v) is 2.89. The predicted octanol–water partition coefficient (Wildman–Crippen LogP) is 2.00. The monoisotopic (exact) mass is 627 g/mol. The van der Waals surface area contributed by atoms with Gasteiger partial charge in [-0.15, -0.1) is 0 Å². The zero-order valence-corrected chi connectivity index (χ0v) is 26.9. The topological polar surface area (TPSA) is 148 Å². The maximum atomic E-state index is 11.5. The lowest BCUT2D eigenvalue weighted by atomic mass is 10.2. The van der Waals surface area contributed by atoms with E-state index in [9.17, 15) is 9.59 Å². The average Bonchev–Trinajstić information content (AvgIpc) is 2.95. The van der Waals surface area contributed by atoms with E-state index >= 15 is 0 Å². The minimum atomic E-state index is -0.512. The van der Waals surface area contributed by atoms with Crippen LogP contribution in [-0.2, 0) is 56.9 Å². The number of ether oxygens (including phenoxy) is 11. The molecule has 1 amide bonds. The molecule has 0 radical (unpaired) electrons. The summed E-state index contributed by atoms with van der Waals surface area (Å²) in [5.74, 6) is -0.192. The molecule has 0 saturated carbocycles. The van der Waals surface area contributed by atoms with Gasteiger partial charge >= 0.3 is 12.1 Å². The molecular weight excluding hydrogens is 570 g/mol. The van der Waals surface area contributed by atoms with Gasteiger partial charge in [0, 0.05) is 13.0 Å². The normalized spacial score (nSPS) is 11.5. The third kappa shape index (κ3) is 36.5. The molecule has 0 atom stereocenters. The van der Waals surface area contributed by atoms with E-state index in [0.717, 1.165) is 6.42 Å². The van der Waals surface area contributed by atoms with Crippen LogP contribution in [0.15, 0.2) is 0 Å². The van der Waals surface area contributed by atoms with Gasteiger partial charge in [-0.1, -0.05) is 6.92 Å². The van der Waals surface area contributed by atoms with E-state index in [1.54, 1.807) is 0 Å². The second kappa shape index (κ2) is 31.8. The summed E-state index contributed by atoms with van der Waals surface area (Å²) >= 11 is 0. The summed E-state index contributed by atoms with van der Waals surface area (Å²) in [4.78, 5) is 22.6. The molecule has 0 unspecified atom stereocenters. The van der Waals surface area contributed by atoms with Gasteiger partial charge in [-0.2, -0.15) is 0 Å². The van der Waals surface area contributed by atoms with Crippen LogP contribution in [0.5, 0.6) is 0 Å². The molecule has 0 fully saturated rings. The van der Waals surface area contributed by atoms with Gasteiger partial charge in [0.15, 0.2) is 0 Å². The van der Waals surface area contributed by atoms with E-state index in [-0.39, 0.29) is 12.6 Å². The van der Waals surface area contributed by atoms with Crippen molar-refractivity contribution in [1.29, 1.82) is 0 Å². The number of hydrogen-bond donors (Lipinski definition) is 1. The fourth-order valence-electron chi connectivity index (χ4n) is 2.89. The van der Waals surface area contributed by atoms with Gasteiger partial charge in [0.2, 0.25) is 0 Å². The molecule has 0 aliphatic rings. The summed E-state index contributed by atoms with van der Waals surface area (Å²) < 4.78 is 58.9. The van der Waals surface area contributed by atoms with Crippen LogP contribution in [0.2, 0.25) is 0 Å². The van der Waals surface area contributed by atoms with Gasteiger partial charge in [-0.05, 0) is 27.2 Å². The number of hydrogen-bond acceptors (Lipinski definition) is 13. The SMILES string of the molecule is CCCC(=O)OCCOCCOCCOCCOCCOCCOCCOCCOCCOCCNC(=O)OC(C)(C)C. The van der Waals surface area contributed by atoms with E-state index < -0.39 is 11.7 Å². The predicted molar refractivity (Wildman–Crippen MR) is 157 cm³/mol. The van der Waals surface area contributed by atoms with Crippen molar-refractivity contribution in [3.63, 3.8) is 0 Å². The van der Waals surface area contributed by atoms with Crippen molar-refractivity contribution < 1.29 is 61.7 Å². The van der Waals surface area contributed by atoms with Gasteiger partial charge in [-0.3, -0.25) is 4.79 Å². The highest BCUT2D eigenvalue weighted by Gasteiger charge is 2.15. The van der Waals surface area contributed by atoms with Crippen molar-refractivity contribution in [1.82, 2.24) is 5.32 Å². The first-order chi connectivity index (χ1) is 20.8. The molecule has 0 spiro atoms. The zero-order valence-electron chi connectivity index (χ0n) is 26.9. The fraction of sp³-hybridized carbons (Fsp3) is 0.931. The van der Waals surface area contributed by atoms with E-state index in [2.05, 4.69) is 5.32 Å². The molecule has 0 aromatic heterocycles. The Hall–Kier alpha value is -1.62. The molecule has 0 aliphatic carbocycles. The Morgan fingerprint density at radius 1 is 0.488 bits per heavy atom. The van der Waals surface area contributed by atoms with Gasteiger partial charge in [0.1, 0.15) is 12.2 Å². The number of nitrogens with one attached hydrogen (secondary N) is 1. The number of carbonyl (C=O) groups is 2. The van der Waals surface area contributed by atoms with Gasteiger partial charge in [0.25, 0.3) is 0 Å². The molecule has 1 N–H and O–H groups in total. The molecule has 0 saturated heterocycles. The third-order valence-corrected chi connectivity index (χ3v) is 4.84. The Balaban J connectivity index is 3.12. The summed E-state index contributed by atoms with van der Waals surface area (Å²) in [5, 5.41) is 2.62. The quantitative estimate of drug-likeness (QED) is 0.0857. The second-order valence-corrected chi connectivity index (χ2v) is 9.91. The standard InChI is InChI=1S/C29H57NO13/c1-5-6-27(31)42-26-25-41-24-23-40-22-21-39-20-19-38-18-17-37-16-15-36-14-13-35-12-11-34-10-9-33-8-7-30-28(32)43-29(2,3)4/h5-26H2,1-4H3,(H,30,32). The van der Waals surface area contributed by atoms with Crippen molar-refractivity contribution in [2.24, 2.45) is 0 Å². The number of esters is 1. The summed E-state index contributed by atoms with van der Waals surface area (Å²) in [6, 6.07) is 0. The molecule has 0 heterocycles. The van der Waals surface area contributed by atoms with E-state index in [1.807, 2.05) is 27.7 Å². The van der Waals surface area contributed by atoms with E-state index in [4.69, 9.17) is 52.1 Å². The third-order valence-electron chi connectivity index (χ3n) is 4.84. The minimum absolute atomic E-state index is 0.192. The Morgan fingerprint density at radius 2 is 0.791 bits per heavy atom. The largest absolute Gasteiger partial charge is 0.463 e. The molecule has 0 aromatic rings. The Kier molecular flexibility index (Phi) is 30.6. The van der Waals surface area contributed by atoms with Crippen LogP contribution in [0.3, 0.4) is 0 Å². The van der Waals surface area contributed by atoms with Crippen LogP contribution in [0.1, 0.15) is 40.5 Å². The van der Waals surface area contributed by atoms with Crippen molar-refractivity contribution in [3.05, 3.63) is 0 Å². The molecular formula is C29H57NO13. The van der Waals surface area contributed by atoms with Crippen molar-refractivity contribution >= 4 is 12.1 Å². The first kappa shape index (κ1) is 41.4. The first-order valence-electron chi connectivity index (χ1n) is 15.2. The molecule has 0 aromatic carbocycles. The highest BCUT2D eigenvalue weighted by molar-refractivity contribution is 5.69. The van der Waals surface area contributed by atoms with Crippen LogP contribution in [0.4, 0.5) is 4.79 Å². The Bertz CT molecular complexity index is 620. The smallest absolute Gasteiger partial charge is 0.407 e. The van der Waals surface area contributed by atoms with Gasteiger partial charge < -0.3 is 57.4 Å². The molecule has 43 heavy (non-hydrogen) atoms. The maximum absolute atomic E-state index is 11.5. The average molecular weight is 628 g/mol. The van der Waals surface area contributed by atoms with Crippen LogP contribution >= 0.6 is 0 Å². The molecule has 14 nitrogen and oxygen atoms in total. The highest BCUT2D eigenvalue weighted by atomic mass is 16.6. The lowest BCUT2D eigenvalue weighted by molar-refractivity contribution is -0.145. The summed E-state index contributed by atoms with van der Waals surface area (Å²) in [6.07, 6.45) is 0.767. The van der Waals surface area contributed by atoms with Crippen molar-refractivity contribution in [3.8, 4) is 0 Å². The van der Waals surface area contributed by atoms with Crippen LogP contribution in [0, 0.1) is 0 Å². The number of rotatable bonds is 32. The van der Waals surface area contributed by atoms with Crippen LogP contribution in [0.25, 0.3) is 0 Å². The van der Waals surface area contributed by atoms with Gasteiger partial charge in [-0.25, -0.2) is 4.79 Å². The molecule has 14 heteroatoms. The summed E-state index contributed by atoms with van der Waals surface area (Å²) in [5.41, 5.74) is -0.512. The number of carbonyl (C=O) groups excluding carboxylic acids is 2. The summed E-state index contributed by atoms with van der Waals surface area (Å²) in [7, 11) is 0. The molecule has 0 aliphatic heterocycles. The zero-order chi connectivity index (χ0) is 31.7. The number of alkyl carbamates (subject to hydrolysis) is 1. The Labute approximate surface area is 257 Å². The lowest BCUT2D eigenvalue weighted by Crippen LogP contribution is -2.34. The second-order valence-electron chi connectivity index (χ2n) is 9.91. The maximum Gasteiger partial charge on any atom is 0.407 e. The van der Waals surface area contributed by atoms with Crippen molar-refractivity contribution in [2.45, 2.75) is 46.1 Å². The van der Waals surface area contributed by atoms with Crippen LogP contribution < -0.4 is 5.32 Å².